The molecule has 3 N–H and O–H groups in total. The van der Waals surface area contributed by atoms with Crippen molar-refractivity contribution in [1.82, 2.24) is 4.90 Å². The molecular weight excluding hydrogens is 245 g/mol. The number of oxime groups is 1. The van der Waals surface area contributed by atoms with Crippen molar-refractivity contribution in [3.8, 4) is 0 Å². The monoisotopic (exact) mass is 267 g/mol. The molecule has 0 aromatic heterocycles. The Labute approximate surface area is 113 Å². The summed E-state index contributed by atoms with van der Waals surface area (Å²) in [5.41, 5.74) is 6.88. The van der Waals surface area contributed by atoms with Crippen molar-refractivity contribution in [3.05, 3.63) is 35.1 Å². The highest BCUT2D eigenvalue weighted by molar-refractivity contribution is 5.98. The molecular formula is C14H22FN3O. The van der Waals surface area contributed by atoms with Crippen LogP contribution in [-0.4, -0.2) is 29.0 Å². The topological polar surface area (TPSA) is 61.8 Å². The maximum absolute atomic E-state index is 13.3. The largest absolute Gasteiger partial charge is 0.409 e. The SMILES string of the molecule is CCCC(C)N(C)Cc1ccc(F)cc1C(N)=NO. The molecule has 5 heteroatoms. The van der Waals surface area contributed by atoms with Gasteiger partial charge in [0.25, 0.3) is 0 Å². The highest BCUT2D eigenvalue weighted by Crippen LogP contribution is 2.15. The second-order valence-corrected chi connectivity index (χ2v) is 4.84. The summed E-state index contributed by atoms with van der Waals surface area (Å²) < 4.78 is 13.3. The highest BCUT2D eigenvalue weighted by Gasteiger charge is 2.13. The molecule has 0 aliphatic heterocycles. The summed E-state index contributed by atoms with van der Waals surface area (Å²) in [6.07, 6.45) is 2.21. The molecule has 1 aromatic carbocycles. The van der Waals surface area contributed by atoms with E-state index < -0.39 is 5.82 Å². The highest BCUT2D eigenvalue weighted by atomic mass is 19.1. The van der Waals surface area contributed by atoms with Gasteiger partial charge in [-0.2, -0.15) is 0 Å². The Kier molecular flexibility index (Phi) is 5.76. The van der Waals surface area contributed by atoms with Crippen LogP contribution in [0, 0.1) is 5.82 Å². The molecule has 0 aliphatic carbocycles. The summed E-state index contributed by atoms with van der Waals surface area (Å²) in [5.74, 6) is -0.458. The normalized spacial score (nSPS) is 13.8. The first kappa shape index (κ1) is 15.4. The standard InChI is InChI=1S/C14H22FN3O/c1-4-5-10(2)18(3)9-11-6-7-12(15)8-13(11)14(16)17-19/h6-8,10,19H,4-5,9H2,1-3H3,(H2,16,17). The van der Waals surface area contributed by atoms with Crippen molar-refractivity contribution in [2.24, 2.45) is 10.9 Å². The van der Waals surface area contributed by atoms with Crippen molar-refractivity contribution in [2.75, 3.05) is 7.05 Å². The third-order valence-electron chi connectivity index (χ3n) is 3.33. The van der Waals surface area contributed by atoms with Crippen molar-refractivity contribution < 1.29 is 9.60 Å². The van der Waals surface area contributed by atoms with Crippen molar-refractivity contribution in [1.29, 1.82) is 0 Å². The van der Waals surface area contributed by atoms with E-state index in [0.29, 0.717) is 18.2 Å². The van der Waals surface area contributed by atoms with Crippen LogP contribution in [0.4, 0.5) is 4.39 Å². The fraction of sp³-hybridized carbons (Fsp3) is 0.500. The molecule has 0 saturated carbocycles. The number of nitrogens with zero attached hydrogens (tertiary/aromatic N) is 2. The minimum Gasteiger partial charge on any atom is -0.409 e. The van der Waals surface area contributed by atoms with E-state index in [1.54, 1.807) is 6.07 Å². The maximum Gasteiger partial charge on any atom is 0.170 e. The molecule has 0 radical (unpaired) electrons. The van der Waals surface area contributed by atoms with Crippen LogP contribution in [0.15, 0.2) is 23.4 Å². The molecule has 106 valence electrons. The van der Waals surface area contributed by atoms with Crippen molar-refractivity contribution in [2.45, 2.75) is 39.3 Å². The number of rotatable bonds is 6. The van der Waals surface area contributed by atoms with E-state index in [2.05, 4.69) is 23.9 Å². The van der Waals surface area contributed by atoms with E-state index in [9.17, 15) is 4.39 Å². The molecule has 0 saturated heterocycles. The summed E-state index contributed by atoms with van der Waals surface area (Å²) in [5, 5.41) is 11.7. The zero-order valence-corrected chi connectivity index (χ0v) is 11.7. The zero-order valence-electron chi connectivity index (χ0n) is 11.7. The minimum atomic E-state index is -0.394. The van der Waals surface area contributed by atoms with Gasteiger partial charge in [-0.1, -0.05) is 24.6 Å². The van der Waals surface area contributed by atoms with Crippen LogP contribution >= 0.6 is 0 Å². The number of hydrogen-bond acceptors (Lipinski definition) is 3. The lowest BCUT2D eigenvalue weighted by molar-refractivity contribution is 0.236. The predicted molar refractivity (Wildman–Crippen MR) is 74.7 cm³/mol. The Morgan fingerprint density at radius 3 is 2.79 bits per heavy atom. The zero-order chi connectivity index (χ0) is 14.4. The maximum atomic E-state index is 13.3. The van der Waals surface area contributed by atoms with E-state index in [1.165, 1.54) is 12.1 Å². The molecule has 1 rings (SSSR count). The second-order valence-electron chi connectivity index (χ2n) is 4.84. The van der Waals surface area contributed by atoms with Crippen LogP contribution in [0.2, 0.25) is 0 Å². The third kappa shape index (κ3) is 4.21. The molecule has 0 amide bonds. The summed E-state index contributed by atoms with van der Waals surface area (Å²) >= 11 is 0. The van der Waals surface area contributed by atoms with E-state index in [0.717, 1.165) is 18.4 Å². The number of halogens is 1. The molecule has 0 heterocycles. The van der Waals surface area contributed by atoms with Gasteiger partial charge in [0.05, 0.1) is 0 Å². The van der Waals surface area contributed by atoms with Gasteiger partial charge in [-0.3, -0.25) is 4.90 Å². The average Bonchev–Trinajstić information content (AvgIpc) is 2.40. The molecule has 1 atom stereocenters. The van der Waals surface area contributed by atoms with Gasteiger partial charge in [0.2, 0.25) is 0 Å². The fourth-order valence-corrected chi connectivity index (χ4v) is 2.04. The van der Waals surface area contributed by atoms with Crippen LogP contribution in [-0.2, 0) is 6.54 Å². The molecule has 0 bridgehead atoms. The van der Waals surface area contributed by atoms with E-state index >= 15 is 0 Å². The number of hydrogen-bond donors (Lipinski definition) is 2. The lowest BCUT2D eigenvalue weighted by Gasteiger charge is -2.25. The third-order valence-corrected chi connectivity index (χ3v) is 3.33. The van der Waals surface area contributed by atoms with Gasteiger partial charge in [-0.05, 0) is 38.1 Å². The lowest BCUT2D eigenvalue weighted by Crippen LogP contribution is -2.29. The van der Waals surface area contributed by atoms with Crippen LogP contribution < -0.4 is 5.73 Å². The number of amidine groups is 1. The van der Waals surface area contributed by atoms with Gasteiger partial charge in [0.1, 0.15) is 5.82 Å². The summed E-state index contributed by atoms with van der Waals surface area (Å²) in [6.45, 7) is 4.92. The Bertz CT molecular complexity index is 448. The number of benzene rings is 1. The smallest absolute Gasteiger partial charge is 0.170 e. The molecule has 1 aromatic rings. The second kappa shape index (κ2) is 7.09. The van der Waals surface area contributed by atoms with E-state index in [4.69, 9.17) is 10.9 Å². The molecule has 0 spiro atoms. The summed E-state index contributed by atoms with van der Waals surface area (Å²) in [6, 6.07) is 4.79. The Morgan fingerprint density at radius 2 is 2.21 bits per heavy atom. The Balaban J connectivity index is 2.94. The van der Waals surface area contributed by atoms with E-state index in [1.807, 2.05) is 7.05 Å². The van der Waals surface area contributed by atoms with Crippen LogP contribution in [0.25, 0.3) is 0 Å². The summed E-state index contributed by atoms with van der Waals surface area (Å²) in [4.78, 5) is 2.17. The Morgan fingerprint density at radius 1 is 1.53 bits per heavy atom. The molecule has 0 fully saturated rings. The molecule has 4 nitrogen and oxygen atoms in total. The summed E-state index contributed by atoms with van der Waals surface area (Å²) in [7, 11) is 2.01. The molecule has 19 heavy (non-hydrogen) atoms. The van der Waals surface area contributed by atoms with Gasteiger partial charge in [0.15, 0.2) is 5.84 Å². The quantitative estimate of drug-likeness (QED) is 0.360. The fourth-order valence-electron chi connectivity index (χ4n) is 2.04. The Hall–Kier alpha value is -1.62. The minimum absolute atomic E-state index is 0.0638. The lowest BCUT2D eigenvalue weighted by atomic mass is 10.0. The first-order valence-corrected chi connectivity index (χ1v) is 6.46. The number of nitrogens with two attached hydrogens (primary N) is 1. The van der Waals surface area contributed by atoms with Crippen LogP contribution in [0.1, 0.15) is 37.8 Å². The molecule has 1 unspecified atom stereocenters. The van der Waals surface area contributed by atoms with Gasteiger partial charge in [-0.25, -0.2) is 4.39 Å². The first-order chi connectivity index (χ1) is 8.99. The van der Waals surface area contributed by atoms with Gasteiger partial charge in [-0.15, -0.1) is 0 Å². The average molecular weight is 267 g/mol. The van der Waals surface area contributed by atoms with Crippen molar-refractivity contribution >= 4 is 5.84 Å². The van der Waals surface area contributed by atoms with Gasteiger partial charge < -0.3 is 10.9 Å². The van der Waals surface area contributed by atoms with E-state index in [-0.39, 0.29) is 5.84 Å². The van der Waals surface area contributed by atoms with Crippen LogP contribution in [0.3, 0.4) is 0 Å². The van der Waals surface area contributed by atoms with Crippen LogP contribution in [0.5, 0.6) is 0 Å². The van der Waals surface area contributed by atoms with Gasteiger partial charge in [0, 0.05) is 18.2 Å². The van der Waals surface area contributed by atoms with Crippen molar-refractivity contribution in [3.63, 3.8) is 0 Å². The molecule has 0 aliphatic rings. The first-order valence-electron chi connectivity index (χ1n) is 6.46. The predicted octanol–water partition coefficient (Wildman–Crippen LogP) is 2.54. The van der Waals surface area contributed by atoms with Gasteiger partial charge >= 0.3 is 0 Å².